The minimum absolute atomic E-state index is 0.642. The van der Waals surface area contributed by atoms with E-state index in [-0.39, 0.29) is 0 Å². The van der Waals surface area contributed by atoms with Crippen molar-refractivity contribution in [2.75, 3.05) is 0 Å². The lowest BCUT2D eigenvalue weighted by Gasteiger charge is -1.91. The summed E-state index contributed by atoms with van der Waals surface area (Å²) in [4.78, 5) is 0.967. The Morgan fingerprint density at radius 3 is 2.81 bits per heavy atom. The van der Waals surface area contributed by atoms with Crippen LogP contribution in [0, 0.1) is 25.2 Å². The van der Waals surface area contributed by atoms with E-state index in [0.29, 0.717) is 5.57 Å². The van der Waals surface area contributed by atoms with Crippen molar-refractivity contribution in [3.63, 3.8) is 0 Å². The molecule has 2 heterocycles. The Morgan fingerprint density at radius 1 is 1.50 bits per heavy atom. The first-order valence-corrected chi connectivity index (χ1v) is 5.81. The summed E-state index contributed by atoms with van der Waals surface area (Å²) in [6.07, 6.45) is 1.78. The lowest BCUT2D eigenvalue weighted by molar-refractivity contribution is 0.523. The lowest BCUT2D eigenvalue weighted by Crippen LogP contribution is -1.74. The first kappa shape index (κ1) is 10.7. The summed E-state index contributed by atoms with van der Waals surface area (Å²) in [5, 5.41) is 11.0. The van der Waals surface area contributed by atoms with Gasteiger partial charge in [0.1, 0.15) is 17.6 Å². The molecule has 0 radical (unpaired) electrons. The van der Waals surface area contributed by atoms with Gasteiger partial charge in [0.2, 0.25) is 0 Å². The van der Waals surface area contributed by atoms with Gasteiger partial charge in [0.25, 0.3) is 0 Å². The molecule has 2 rings (SSSR count). The fourth-order valence-corrected chi connectivity index (χ4v) is 2.10. The van der Waals surface area contributed by atoms with Gasteiger partial charge in [0, 0.05) is 4.88 Å². The monoisotopic (exact) mass is 229 g/mol. The van der Waals surface area contributed by atoms with Crippen LogP contribution < -0.4 is 0 Å². The second kappa shape index (κ2) is 4.38. The maximum Gasteiger partial charge on any atom is 0.128 e. The lowest BCUT2D eigenvalue weighted by atomic mass is 10.2. The van der Waals surface area contributed by atoms with Crippen molar-refractivity contribution in [2.45, 2.75) is 13.8 Å². The zero-order valence-corrected chi connectivity index (χ0v) is 9.97. The SMILES string of the molecule is Cc1cc(C=C(C#N)c2cccs2)oc1C. The highest BCUT2D eigenvalue weighted by Crippen LogP contribution is 2.23. The minimum atomic E-state index is 0.642. The normalized spacial score (nSPS) is 11.4. The standard InChI is InChI=1S/C13H11NOS/c1-9-6-12(15-10(9)2)7-11(8-14)13-4-3-5-16-13/h3-7H,1-2H3. The van der Waals surface area contributed by atoms with E-state index in [9.17, 15) is 0 Å². The molecule has 0 atom stereocenters. The van der Waals surface area contributed by atoms with Crippen molar-refractivity contribution < 1.29 is 4.42 Å². The van der Waals surface area contributed by atoms with Gasteiger partial charge in [-0.2, -0.15) is 5.26 Å². The van der Waals surface area contributed by atoms with Gasteiger partial charge in [-0.3, -0.25) is 0 Å². The Labute approximate surface area is 98.5 Å². The summed E-state index contributed by atoms with van der Waals surface area (Å²) in [5.74, 6) is 1.63. The van der Waals surface area contributed by atoms with Crippen LogP contribution in [-0.2, 0) is 0 Å². The highest BCUT2D eigenvalue weighted by molar-refractivity contribution is 7.11. The van der Waals surface area contributed by atoms with Gasteiger partial charge in [0.05, 0.1) is 5.57 Å². The molecule has 0 spiro atoms. The molecule has 16 heavy (non-hydrogen) atoms. The second-order valence-corrected chi connectivity index (χ2v) is 4.48. The van der Waals surface area contributed by atoms with Gasteiger partial charge >= 0.3 is 0 Å². The molecule has 0 unspecified atom stereocenters. The molecule has 0 saturated heterocycles. The van der Waals surface area contributed by atoms with Gasteiger partial charge in [-0.15, -0.1) is 11.3 Å². The molecule has 3 heteroatoms. The molecule has 80 valence electrons. The molecule has 0 bridgehead atoms. The molecule has 0 fully saturated rings. The molecule has 0 aliphatic heterocycles. The summed E-state index contributed by atoms with van der Waals surface area (Å²) in [7, 11) is 0. The Bertz CT molecular complexity index is 536. The van der Waals surface area contributed by atoms with Gasteiger partial charge in [0.15, 0.2) is 0 Å². The quantitative estimate of drug-likeness (QED) is 0.729. The van der Waals surface area contributed by atoms with Crippen molar-refractivity contribution >= 4 is 23.0 Å². The third-order valence-electron chi connectivity index (χ3n) is 2.38. The predicted octanol–water partition coefficient (Wildman–Crippen LogP) is 4.02. The smallest absolute Gasteiger partial charge is 0.128 e. The van der Waals surface area contributed by atoms with Crippen molar-refractivity contribution in [2.24, 2.45) is 0 Å². The van der Waals surface area contributed by atoms with Crippen LogP contribution in [-0.4, -0.2) is 0 Å². The summed E-state index contributed by atoms with van der Waals surface area (Å²) >= 11 is 1.55. The zero-order chi connectivity index (χ0) is 11.5. The van der Waals surface area contributed by atoms with Crippen LogP contribution in [0.4, 0.5) is 0 Å². The van der Waals surface area contributed by atoms with Crippen molar-refractivity contribution in [3.8, 4) is 6.07 Å². The van der Waals surface area contributed by atoms with Crippen molar-refractivity contribution in [3.05, 3.63) is 45.5 Å². The molecular weight excluding hydrogens is 218 g/mol. The Hall–Kier alpha value is -1.79. The summed E-state index contributed by atoms with van der Waals surface area (Å²) in [6.45, 7) is 3.91. The molecule has 0 amide bonds. The number of hydrogen-bond donors (Lipinski definition) is 0. The largest absolute Gasteiger partial charge is 0.462 e. The van der Waals surface area contributed by atoms with Crippen LogP contribution in [0.3, 0.4) is 0 Å². The van der Waals surface area contributed by atoms with Gasteiger partial charge < -0.3 is 4.42 Å². The van der Waals surface area contributed by atoms with Crippen molar-refractivity contribution in [1.29, 1.82) is 5.26 Å². The maximum atomic E-state index is 9.08. The van der Waals surface area contributed by atoms with Gasteiger partial charge in [-0.05, 0) is 43.0 Å². The Balaban J connectivity index is 2.39. The van der Waals surface area contributed by atoms with Gasteiger partial charge in [-0.1, -0.05) is 6.07 Å². The van der Waals surface area contributed by atoms with E-state index in [2.05, 4.69) is 6.07 Å². The number of aryl methyl sites for hydroxylation is 2. The van der Waals surface area contributed by atoms with E-state index in [1.54, 1.807) is 17.4 Å². The Kier molecular flexibility index (Phi) is 2.93. The zero-order valence-electron chi connectivity index (χ0n) is 9.15. The molecule has 0 saturated carbocycles. The van der Waals surface area contributed by atoms with Crippen LogP contribution in [0.25, 0.3) is 11.6 Å². The third kappa shape index (κ3) is 2.07. The van der Waals surface area contributed by atoms with Crippen LogP contribution in [0.1, 0.15) is 22.0 Å². The van der Waals surface area contributed by atoms with Gasteiger partial charge in [-0.25, -0.2) is 0 Å². The molecule has 2 aromatic heterocycles. The van der Waals surface area contributed by atoms with E-state index < -0.39 is 0 Å². The fourth-order valence-electron chi connectivity index (χ4n) is 1.41. The topological polar surface area (TPSA) is 36.9 Å². The number of nitrogens with zero attached hydrogens (tertiary/aromatic N) is 1. The molecule has 0 aliphatic rings. The molecule has 0 aliphatic carbocycles. The molecule has 0 N–H and O–H groups in total. The maximum absolute atomic E-state index is 9.08. The van der Waals surface area contributed by atoms with E-state index in [0.717, 1.165) is 22.0 Å². The minimum Gasteiger partial charge on any atom is -0.462 e. The summed E-state index contributed by atoms with van der Waals surface area (Å²) < 4.78 is 5.52. The van der Waals surface area contributed by atoms with E-state index >= 15 is 0 Å². The molecule has 0 aromatic carbocycles. The number of furan rings is 1. The average molecular weight is 229 g/mol. The van der Waals surface area contributed by atoms with Crippen LogP contribution >= 0.6 is 11.3 Å². The molecule has 2 aromatic rings. The third-order valence-corrected chi connectivity index (χ3v) is 3.28. The van der Waals surface area contributed by atoms with E-state index in [1.165, 1.54) is 0 Å². The average Bonchev–Trinajstić information content (AvgIpc) is 2.86. The number of hydrogen-bond acceptors (Lipinski definition) is 3. The number of allylic oxidation sites excluding steroid dienone is 1. The van der Waals surface area contributed by atoms with E-state index in [1.807, 2.05) is 37.4 Å². The van der Waals surface area contributed by atoms with Crippen LogP contribution in [0.2, 0.25) is 0 Å². The fraction of sp³-hybridized carbons (Fsp3) is 0.154. The second-order valence-electron chi connectivity index (χ2n) is 3.54. The van der Waals surface area contributed by atoms with Crippen LogP contribution in [0.15, 0.2) is 28.0 Å². The van der Waals surface area contributed by atoms with E-state index in [4.69, 9.17) is 9.68 Å². The number of thiophene rings is 1. The first-order chi connectivity index (χ1) is 7.70. The Morgan fingerprint density at radius 2 is 2.31 bits per heavy atom. The van der Waals surface area contributed by atoms with Crippen LogP contribution in [0.5, 0.6) is 0 Å². The predicted molar refractivity (Wildman–Crippen MR) is 66.0 cm³/mol. The molecule has 2 nitrogen and oxygen atoms in total. The number of nitriles is 1. The summed E-state index contributed by atoms with van der Waals surface area (Å²) in [5.41, 5.74) is 1.75. The highest BCUT2D eigenvalue weighted by Gasteiger charge is 2.05. The highest BCUT2D eigenvalue weighted by atomic mass is 32.1. The first-order valence-electron chi connectivity index (χ1n) is 4.93. The van der Waals surface area contributed by atoms with Crippen molar-refractivity contribution in [1.82, 2.24) is 0 Å². The molecular formula is C13H11NOS. The number of rotatable bonds is 2. The summed E-state index contributed by atoms with van der Waals surface area (Å²) in [6, 6.07) is 8.01.